The summed E-state index contributed by atoms with van der Waals surface area (Å²) in [4.78, 5) is 14.5. The van der Waals surface area contributed by atoms with Crippen molar-refractivity contribution < 1.29 is 14.3 Å². The molecule has 0 radical (unpaired) electrons. The summed E-state index contributed by atoms with van der Waals surface area (Å²) in [6, 6.07) is 5.73. The zero-order valence-electron chi connectivity index (χ0n) is 12.5. The molecule has 0 aliphatic carbocycles. The first kappa shape index (κ1) is 17.1. The van der Waals surface area contributed by atoms with Gasteiger partial charge in [0, 0.05) is 25.2 Å². The Labute approximate surface area is 129 Å². The summed E-state index contributed by atoms with van der Waals surface area (Å²) < 4.78 is 11.1. The van der Waals surface area contributed by atoms with E-state index in [1.165, 1.54) is 0 Å². The van der Waals surface area contributed by atoms with Crippen LogP contribution in [0.25, 0.3) is 0 Å². The van der Waals surface area contributed by atoms with Crippen LogP contribution in [-0.2, 0) is 9.47 Å². The first-order valence-electron chi connectivity index (χ1n) is 6.56. The molecule has 4 nitrogen and oxygen atoms in total. The van der Waals surface area contributed by atoms with Crippen molar-refractivity contribution in [3.05, 3.63) is 33.8 Å². The number of amides is 1. The third-order valence-electron chi connectivity index (χ3n) is 3.09. The zero-order valence-corrected chi connectivity index (χ0v) is 14.1. The van der Waals surface area contributed by atoms with Crippen LogP contribution in [0.15, 0.2) is 22.7 Å². The van der Waals surface area contributed by atoms with Crippen molar-refractivity contribution in [2.45, 2.75) is 19.9 Å². The summed E-state index contributed by atoms with van der Waals surface area (Å²) in [7, 11) is 3.27. The number of methoxy groups -OCH3 is 2. The van der Waals surface area contributed by atoms with E-state index in [-0.39, 0.29) is 11.9 Å². The fourth-order valence-electron chi connectivity index (χ4n) is 1.99. The minimum absolute atomic E-state index is 0.00384. The quantitative estimate of drug-likeness (QED) is 0.764. The van der Waals surface area contributed by atoms with Gasteiger partial charge in [0.15, 0.2) is 0 Å². The van der Waals surface area contributed by atoms with E-state index < -0.39 is 0 Å². The van der Waals surface area contributed by atoms with E-state index >= 15 is 0 Å². The van der Waals surface area contributed by atoms with Crippen molar-refractivity contribution in [1.29, 1.82) is 0 Å². The van der Waals surface area contributed by atoms with E-state index in [4.69, 9.17) is 9.47 Å². The first-order chi connectivity index (χ1) is 9.51. The number of aryl methyl sites for hydroxylation is 1. The number of hydrogen-bond acceptors (Lipinski definition) is 3. The molecule has 1 rings (SSSR count). The Kier molecular flexibility index (Phi) is 7.19. The predicted octanol–water partition coefficient (Wildman–Crippen LogP) is 2.88. The SMILES string of the molecule is COCCN(C(=O)c1ccc(C)cc1Br)C(C)COC. The van der Waals surface area contributed by atoms with E-state index in [0.717, 1.165) is 10.0 Å². The van der Waals surface area contributed by atoms with Crippen LogP contribution in [-0.4, -0.2) is 50.8 Å². The van der Waals surface area contributed by atoms with Gasteiger partial charge in [-0.2, -0.15) is 0 Å². The summed E-state index contributed by atoms with van der Waals surface area (Å²) in [5.41, 5.74) is 1.77. The molecule has 0 aliphatic rings. The number of carbonyl (C=O) groups is 1. The van der Waals surface area contributed by atoms with Gasteiger partial charge in [-0.25, -0.2) is 0 Å². The third-order valence-corrected chi connectivity index (χ3v) is 3.75. The summed E-state index contributed by atoms with van der Waals surface area (Å²) >= 11 is 3.46. The summed E-state index contributed by atoms with van der Waals surface area (Å²) in [6.07, 6.45) is 0. The van der Waals surface area contributed by atoms with Gasteiger partial charge in [-0.1, -0.05) is 6.07 Å². The monoisotopic (exact) mass is 343 g/mol. The van der Waals surface area contributed by atoms with Crippen LogP contribution in [0.4, 0.5) is 0 Å². The third kappa shape index (κ3) is 4.58. The molecule has 0 aliphatic heterocycles. The highest BCUT2D eigenvalue weighted by molar-refractivity contribution is 9.10. The smallest absolute Gasteiger partial charge is 0.255 e. The lowest BCUT2D eigenvalue weighted by Gasteiger charge is -2.29. The van der Waals surface area contributed by atoms with Crippen molar-refractivity contribution in [3.63, 3.8) is 0 Å². The maximum Gasteiger partial charge on any atom is 0.255 e. The van der Waals surface area contributed by atoms with Crippen LogP contribution in [0.2, 0.25) is 0 Å². The molecule has 5 heteroatoms. The van der Waals surface area contributed by atoms with Crippen LogP contribution in [0, 0.1) is 6.92 Å². The molecule has 0 fully saturated rings. The van der Waals surface area contributed by atoms with Gasteiger partial charge in [0.2, 0.25) is 0 Å². The van der Waals surface area contributed by atoms with Gasteiger partial charge in [0.05, 0.1) is 24.8 Å². The average molecular weight is 344 g/mol. The van der Waals surface area contributed by atoms with E-state index in [0.29, 0.717) is 25.3 Å². The van der Waals surface area contributed by atoms with Gasteiger partial charge < -0.3 is 14.4 Å². The molecule has 0 heterocycles. The molecule has 0 saturated heterocycles. The number of rotatable bonds is 7. The van der Waals surface area contributed by atoms with Gasteiger partial charge in [-0.3, -0.25) is 4.79 Å². The predicted molar refractivity (Wildman–Crippen MR) is 83.1 cm³/mol. The Morgan fingerprint density at radius 3 is 2.60 bits per heavy atom. The number of carbonyl (C=O) groups excluding carboxylic acids is 1. The highest BCUT2D eigenvalue weighted by atomic mass is 79.9. The lowest BCUT2D eigenvalue weighted by molar-refractivity contribution is 0.0478. The largest absolute Gasteiger partial charge is 0.383 e. The van der Waals surface area contributed by atoms with Crippen LogP contribution in [0.5, 0.6) is 0 Å². The molecule has 1 atom stereocenters. The molecule has 0 aromatic heterocycles. The number of nitrogens with zero attached hydrogens (tertiary/aromatic N) is 1. The van der Waals surface area contributed by atoms with Crippen molar-refractivity contribution in [1.82, 2.24) is 4.90 Å². The Morgan fingerprint density at radius 2 is 2.05 bits per heavy atom. The Hall–Kier alpha value is -0.910. The lowest BCUT2D eigenvalue weighted by Crippen LogP contribution is -2.43. The van der Waals surface area contributed by atoms with Gasteiger partial charge in [-0.05, 0) is 47.5 Å². The lowest BCUT2D eigenvalue weighted by atomic mass is 10.1. The van der Waals surface area contributed by atoms with Crippen molar-refractivity contribution >= 4 is 21.8 Å². The maximum atomic E-state index is 12.7. The van der Waals surface area contributed by atoms with Crippen LogP contribution in [0.1, 0.15) is 22.8 Å². The number of ether oxygens (including phenoxy) is 2. The molecular formula is C15H22BrNO3. The minimum Gasteiger partial charge on any atom is -0.383 e. The van der Waals surface area contributed by atoms with Gasteiger partial charge in [0.25, 0.3) is 5.91 Å². The topological polar surface area (TPSA) is 38.8 Å². The van der Waals surface area contributed by atoms with E-state index in [9.17, 15) is 4.79 Å². The Morgan fingerprint density at radius 1 is 1.35 bits per heavy atom. The molecule has 0 saturated carbocycles. The van der Waals surface area contributed by atoms with E-state index in [2.05, 4.69) is 15.9 Å². The van der Waals surface area contributed by atoms with Crippen LogP contribution >= 0.6 is 15.9 Å². The fraction of sp³-hybridized carbons (Fsp3) is 0.533. The summed E-state index contributed by atoms with van der Waals surface area (Å²) in [6.45, 7) is 5.51. The standard InChI is InChI=1S/C15H22BrNO3/c1-11-5-6-13(14(16)9-11)15(18)17(7-8-19-3)12(2)10-20-4/h5-6,9,12H,7-8,10H2,1-4H3. The highest BCUT2D eigenvalue weighted by Gasteiger charge is 2.22. The second-order valence-corrected chi connectivity index (χ2v) is 5.63. The molecule has 0 bridgehead atoms. The van der Waals surface area contributed by atoms with Crippen molar-refractivity contribution in [2.24, 2.45) is 0 Å². The molecule has 1 amide bonds. The molecule has 1 unspecified atom stereocenters. The fourth-order valence-corrected chi connectivity index (χ4v) is 2.65. The molecule has 0 N–H and O–H groups in total. The second-order valence-electron chi connectivity index (χ2n) is 4.78. The highest BCUT2D eigenvalue weighted by Crippen LogP contribution is 2.21. The molecule has 112 valence electrons. The summed E-state index contributed by atoms with van der Waals surface area (Å²) in [5, 5.41) is 0. The Bertz CT molecular complexity index is 451. The first-order valence-corrected chi connectivity index (χ1v) is 7.35. The van der Waals surface area contributed by atoms with Crippen LogP contribution in [0.3, 0.4) is 0 Å². The number of hydrogen-bond donors (Lipinski definition) is 0. The zero-order chi connectivity index (χ0) is 15.1. The summed E-state index contributed by atoms with van der Waals surface area (Å²) in [5.74, 6) is -0.0153. The molecule has 1 aromatic rings. The van der Waals surface area contributed by atoms with Gasteiger partial charge in [-0.15, -0.1) is 0 Å². The molecular weight excluding hydrogens is 322 g/mol. The van der Waals surface area contributed by atoms with Crippen molar-refractivity contribution in [2.75, 3.05) is 34.0 Å². The van der Waals surface area contributed by atoms with Crippen molar-refractivity contribution in [3.8, 4) is 0 Å². The second kappa shape index (κ2) is 8.39. The van der Waals surface area contributed by atoms with Crippen LogP contribution < -0.4 is 0 Å². The molecule has 0 spiro atoms. The normalized spacial score (nSPS) is 12.2. The molecule has 20 heavy (non-hydrogen) atoms. The number of halogens is 1. The number of benzene rings is 1. The Balaban J connectivity index is 2.96. The minimum atomic E-state index is -0.0153. The van der Waals surface area contributed by atoms with Gasteiger partial charge in [0.1, 0.15) is 0 Å². The maximum absolute atomic E-state index is 12.7. The molecule has 1 aromatic carbocycles. The van der Waals surface area contributed by atoms with Gasteiger partial charge >= 0.3 is 0 Å². The van der Waals surface area contributed by atoms with E-state index in [1.807, 2.05) is 32.0 Å². The van der Waals surface area contributed by atoms with E-state index in [1.54, 1.807) is 19.1 Å². The average Bonchev–Trinajstić information content (AvgIpc) is 2.39.